The predicted molar refractivity (Wildman–Crippen MR) is 90.2 cm³/mol. The van der Waals surface area contributed by atoms with Crippen LogP contribution < -0.4 is 10.6 Å². The lowest BCUT2D eigenvalue weighted by atomic mass is 9.74. The second kappa shape index (κ2) is 6.69. The highest BCUT2D eigenvalue weighted by Crippen LogP contribution is 2.34. The molecule has 4 heteroatoms. The number of aliphatic imine (C=N–C) groups is 1. The van der Waals surface area contributed by atoms with Crippen LogP contribution in [0, 0.1) is 5.92 Å². The summed E-state index contributed by atoms with van der Waals surface area (Å²) in [6, 6.07) is 11.4. The predicted octanol–water partition coefficient (Wildman–Crippen LogP) is 2.31. The van der Waals surface area contributed by atoms with Crippen LogP contribution in [0.15, 0.2) is 35.3 Å². The molecule has 22 heavy (non-hydrogen) atoms. The molecule has 1 saturated carbocycles. The van der Waals surface area contributed by atoms with Crippen molar-refractivity contribution in [1.29, 1.82) is 0 Å². The summed E-state index contributed by atoms with van der Waals surface area (Å²) in [4.78, 5) is 4.37. The van der Waals surface area contributed by atoms with Crippen molar-refractivity contribution in [3.8, 4) is 0 Å². The van der Waals surface area contributed by atoms with Crippen molar-refractivity contribution < 1.29 is 4.74 Å². The van der Waals surface area contributed by atoms with Gasteiger partial charge in [-0.15, -0.1) is 0 Å². The molecule has 1 aromatic carbocycles. The largest absolute Gasteiger partial charge is 0.381 e. The van der Waals surface area contributed by atoms with Crippen molar-refractivity contribution in [3.05, 3.63) is 35.9 Å². The molecule has 3 rings (SSSR count). The molecule has 2 N–H and O–H groups in total. The number of hydrogen-bond acceptors (Lipinski definition) is 2. The maximum Gasteiger partial charge on any atom is 0.191 e. The smallest absolute Gasteiger partial charge is 0.191 e. The second-order valence-corrected chi connectivity index (χ2v) is 6.65. The molecule has 1 aromatic rings. The molecular weight excluding hydrogens is 274 g/mol. The Bertz CT molecular complexity index is 508. The highest BCUT2D eigenvalue weighted by molar-refractivity contribution is 5.80. The Morgan fingerprint density at radius 3 is 2.55 bits per heavy atom. The Balaban J connectivity index is 1.68. The van der Waals surface area contributed by atoms with E-state index < -0.39 is 0 Å². The number of hydrogen-bond donors (Lipinski definition) is 2. The van der Waals surface area contributed by atoms with E-state index in [0.717, 1.165) is 44.5 Å². The van der Waals surface area contributed by atoms with Gasteiger partial charge in [0.2, 0.25) is 0 Å². The molecular formula is C18H27N3O. The molecule has 0 spiro atoms. The molecule has 4 nitrogen and oxygen atoms in total. The normalized spacial score (nSPS) is 27.3. The minimum atomic E-state index is 0.145. The molecule has 1 aliphatic carbocycles. The Morgan fingerprint density at radius 2 is 1.95 bits per heavy atom. The van der Waals surface area contributed by atoms with Crippen LogP contribution in [0.5, 0.6) is 0 Å². The minimum absolute atomic E-state index is 0.145. The summed E-state index contributed by atoms with van der Waals surface area (Å²) in [6.45, 7) is 4.85. The van der Waals surface area contributed by atoms with Crippen molar-refractivity contribution in [2.24, 2.45) is 10.9 Å². The molecule has 2 unspecified atom stereocenters. The van der Waals surface area contributed by atoms with Gasteiger partial charge in [-0.1, -0.05) is 37.3 Å². The zero-order valence-electron chi connectivity index (χ0n) is 13.6. The van der Waals surface area contributed by atoms with Crippen LogP contribution in [-0.4, -0.2) is 38.8 Å². The SMILES string of the molecule is CN=C(NCC1(c2ccccc2)CCOCC1)NC1CC1C. The average Bonchev–Trinajstić information content (AvgIpc) is 3.28. The highest BCUT2D eigenvalue weighted by atomic mass is 16.5. The lowest BCUT2D eigenvalue weighted by molar-refractivity contribution is 0.0514. The first-order chi connectivity index (χ1) is 10.7. The van der Waals surface area contributed by atoms with Crippen LogP contribution in [0.1, 0.15) is 31.7 Å². The third-order valence-corrected chi connectivity index (χ3v) is 5.09. The van der Waals surface area contributed by atoms with E-state index in [0.29, 0.717) is 6.04 Å². The number of ether oxygens (including phenoxy) is 1. The summed E-state index contributed by atoms with van der Waals surface area (Å²) in [6.07, 6.45) is 3.36. The Labute approximate surface area is 133 Å². The van der Waals surface area contributed by atoms with Gasteiger partial charge in [-0.25, -0.2) is 0 Å². The van der Waals surface area contributed by atoms with Gasteiger partial charge < -0.3 is 15.4 Å². The first kappa shape index (κ1) is 15.3. The summed E-state index contributed by atoms with van der Waals surface area (Å²) in [5.41, 5.74) is 1.55. The fourth-order valence-electron chi connectivity index (χ4n) is 3.27. The number of nitrogens with zero attached hydrogens (tertiary/aromatic N) is 1. The van der Waals surface area contributed by atoms with Crippen LogP contribution in [0.4, 0.5) is 0 Å². The van der Waals surface area contributed by atoms with Crippen LogP contribution in [0.25, 0.3) is 0 Å². The van der Waals surface area contributed by atoms with Gasteiger partial charge in [-0.2, -0.15) is 0 Å². The van der Waals surface area contributed by atoms with Gasteiger partial charge in [0.1, 0.15) is 0 Å². The van der Waals surface area contributed by atoms with Crippen LogP contribution >= 0.6 is 0 Å². The van der Waals surface area contributed by atoms with Gasteiger partial charge in [0.05, 0.1) is 0 Å². The number of guanidine groups is 1. The standard InChI is InChI=1S/C18H27N3O/c1-14-12-16(14)21-17(19-2)20-13-18(8-10-22-11-9-18)15-6-4-3-5-7-15/h3-7,14,16H,8-13H2,1-2H3,(H2,19,20,21). The summed E-state index contributed by atoms with van der Waals surface area (Å²) in [5.74, 6) is 1.70. The molecule has 0 radical (unpaired) electrons. The van der Waals surface area contributed by atoms with Crippen molar-refractivity contribution in [3.63, 3.8) is 0 Å². The maximum absolute atomic E-state index is 5.59. The van der Waals surface area contributed by atoms with Gasteiger partial charge in [-0.3, -0.25) is 4.99 Å². The Morgan fingerprint density at radius 1 is 1.27 bits per heavy atom. The van der Waals surface area contributed by atoms with Gasteiger partial charge in [-0.05, 0) is 30.7 Å². The monoisotopic (exact) mass is 301 g/mol. The second-order valence-electron chi connectivity index (χ2n) is 6.65. The molecule has 1 heterocycles. The molecule has 0 bridgehead atoms. The first-order valence-electron chi connectivity index (χ1n) is 8.34. The summed E-state index contributed by atoms with van der Waals surface area (Å²) >= 11 is 0. The average molecular weight is 301 g/mol. The third kappa shape index (κ3) is 3.43. The van der Waals surface area contributed by atoms with Crippen molar-refractivity contribution in [2.45, 2.75) is 37.6 Å². The summed E-state index contributed by atoms with van der Waals surface area (Å²) in [7, 11) is 1.85. The lowest BCUT2D eigenvalue weighted by Crippen LogP contribution is -2.48. The van der Waals surface area contributed by atoms with E-state index >= 15 is 0 Å². The van der Waals surface area contributed by atoms with Gasteiger partial charge in [0.25, 0.3) is 0 Å². The number of benzene rings is 1. The summed E-state index contributed by atoms with van der Waals surface area (Å²) in [5, 5.41) is 7.06. The lowest BCUT2D eigenvalue weighted by Gasteiger charge is -2.38. The highest BCUT2D eigenvalue weighted by Gasteiger charge is 2.36. The Kier molecular flexibility index (Phi) is 4.67. The van der Waals surface area contributed by atoms with Crippen molar-refractivity contribution >= 4 is 5.96 Å². The van der Waals surface area contributed by atoms with E-state index in [-0.39, 0.29) is 5.41 Å². The zero-order valence-corrected chi connectivity index (χ0v) is 13.6. The zero-order chi connectivity index (χ0) is 15.4. The van der Waals surface area contributed by atoms with Crippen LogP contribution in [0.2, 0.25) is 0 Å². The molecule has 2 aliphatic rings. The fraction of sp³-hybridized carbons (Fsp3) is 0.611. The molecule has 1 aliphatic heterocycles. The van der Waals surface area contributed by atoms with Crippen LogP contribution in [0.3, 0.4) is 0 Å². The minimum Gasteiger partial charge on any atom is -0.381 e. The quantitative estimate of drug-likeness (QED) is 0.662. The van der Waals surface area contributed by atoms with Gasteiger partial charge >= 0.3 is 0 Å². The van der Waals surface area contributed by atoms with E-state index in [9.17, 15) is 0 Å². The number of nitrogens with one attached hydrogen (secondary N) is 2. The number of rotatable bonds is 4. The van der Waals surface area contributed by atoms with Crippen LogP contribution in [-0.2, 0) is 10.2 Å². The van der Waals surface area contributed by atoms with E-state index in [1.165, 1.54) is 12.0 Å². The van der Waals surface area contributed by atoms with Crippen molar-refractivity contribution in [1.82, 2.24) is 10.6 Å². The topological polar surface area (TPSA) is 45.7 Å². The van der Waals surface area contributed by atoms with E-state index in [1.807, 2.05) is 7.05 Å². The van der Waals surface area contributed by atoms with E-state index in [2.05, 4.69) is 52.9 Å². The molecule has 0 amide bonds. The Hall–Kier alpha value is -1.55. The van der Waals surface area contributed by atoms with Crippen molar-refractivity contribution in [2.75, 3.05) is 26.8 Å². The van der Waals surface area contributed by atoms with E-state index in [1.54, 1.807) is 0 Å². The molecule has 2 atom stereocenters. The first-order valence-corrected chi connectivity index (χ1v) is 8.34. The molecule has 2 fully saturated rings. The van der Waals surface area contributed by atoms with E-state index in [4.69, 9.17) is 4.74 Å². The third-order valence-electron chi connectivity index (χ3n) is 5.09. The fourth-order valence-corrected chi connectivity index (χ4v) is 3.27. The molecule has 120 valence electrons. The van der Waals surface area contributed by atoms with Gasteiger partial charge in [0, 0.05) is 38.3 Å². The summed E-state index contributed by atoms with van der Waals surface area (Å²) < 4.78 is 5.59. The van der Waals surface area contributed by atoms with Gasteiger partial charge in [0.15, 0.2) is 5.96 Å². The maximum atomic E-state index is 5.59. The molecule has 0 aromatic heterocycles. The molecule has 1 saturated heterocycles.